The van der Waals surface area contributed by atoms with Gasteiger partial charge in [-0.05, 0) is 42.8 Å². The van der Waals surface area contributed by atoms with E-state index in [1.54, 1.807) is 25.5 Å². The highest BCUT2D eigenvalue weighted by molar-refractivity contribution is 5.80. The van der Waals surface area contributed by atoms with Crippen LogP contribution < -0.4 is 15.5 Å². The summed E-state index contributed by atoms with van der Waals surface area (Å²) in [6.45, 7) is 0.710. The van der Waals surface area contributed by atoms with E-state index in [0.29, 0.717) is 25.1 Å². The van der Waals surface area contributed by atoms with Gasteiger partial charge in [0.1, 0.15) is 11.5 Å². The zero-order chi connectivity index (χ0) is 15.6. The topological polar surface area (TPSA) is 75.9 Å². The highest BCUT2D eigenvalue weighted by atomic mass is 16.5. The van der Waals surface area contributed by atoms with Crippen LogP contribution in [0.4, 0.5) is 5.69 Å². The molecular weight excluding hydrogens is 282 g/mol. The molecule has 22 heavy (non-hydrogen) atoms. The van der Waals surface area contributed by atoms with Crippen molar-refractivity contribution in [3.63, 3.8) is 0 Å². The molecule has 1 amide bonds. The molecule has 0 saturated carbocycles. The van der Waals surface area contributed by atoms with Crippen molar-refractivity contribution >= 4 is 17.8 Å². The Morgan fingerprint density at radius 1 is 1.32 bits per heavy atom. The second-order valence-corrected chi connectivity index (χ2v) is 4.57. The first kappa shape index (κ1) is 15.6. The Labute approximate surface area is 129 Å². The molecule has 1 aromatic carbocycles. The van der Waals surface area contributed by atoms with Crippen LogP contribution in [0.1, 0.15) is 18.6 Å². The highest BCUT2D eigenvalue weighted by Crippen LogP contribution is 2.14. The van der Waals surface area contributed by atoms with E-state index in [1.165, 1.54) is 6.21 Å². The Kier molecular flexibility index (Phi) is 6.04. The van der Waals surface area contributed by atoms with Crippen molar-refractivity contribution in [1.29, 1.82) is 0 Å². The summed E-state index contributed by atoms with van der Waals surface area (Å²) in [7, 11) is 1.63. The average molecular weight is 301 g/mol. The number of methoxy groups -OCH3 is 1. The highest BCUT2D eigenvalue weighted by Gasteiger charge is 2.00. The van der Waals surface area contributed by atoms with E-state index in [9.17, 15) is 4.79 Å². The smallest absolute Gasteiger partial charge is 0.240 e. The van der Waals surface area contributed by atoms with E-state index in [0.717, 1.165) is 11.4 Å². The van der Waals surface area contributed by atoms with E-state index in [2.05, 4.69) is 15.8 Å². The number of hydrogen-bond acceptors (Lipinski definition) is 5. The summed E-state index contributed by atoms with van der Waals surface area (Å²) in [5, 5.41) is 7.06. The zero-order valence-electron chi connectivity index (χ0n) is 12.4. The summed E-state index contributed by atoms with van der Waals surface area (Å²) in [6, 6.07) is 11.2. The number of benzene rings is 1. The number of nitrogens with zero attached hydrogens (tertiary/aromatic N) is 1. The lowest BCUT2D eigenvalue weighted by Gasteiger charge is -2.06. The first-order valence-electron chi connectivity index (χ1n) is 7.01. The number of nitrogens with one attached hydrogen (secondary N) is 2. The van der Waals surface area contributed by atoms with Crippen LogP contribution in [0.5, 0.6) is 5.75 Å². The number of hydrazone groups is 1. The van der Waals surface area contributed by atoms with Gasteiger partial charge in [-0.25, -0.2) is 5.43 Å². The van der Waals surface area contributed by atoms with Crippen LogP contribution in [-0.4, -0.2) is 25.8 Å². The number of rotatable bonds is 8. The Hall–Kier alpha value is -2.76. The summed E-state index contributed by atoms with van der Waals surface area (Å²) in [4.78, 5) is 11.6. The monoisotopic (exact) mass is 301 g/mol. The van der Waals surface area contributed by atoms with Crippen molar-refractivity contribution < 1.29 is 13.9 Å². The van der Waals surface area contributed by atoms with E-state index in [1.807, 2.05) is 24.3 Å². The van der Waals surface area contributed by atoms with E-state index in [4.69, 9.17) is 9.15 Å². The fourth-order valence-corrected chi connectivity index (χ4v) is 1.78. The first-order chi connectivity index (χ1) is 10.8. The van der Waals surface area contributed by atoms with Crippen molar-refractivity contribution in [2.75, 3.05) is 19.0 Å². The standard InChI is InChI=1S/C16H19N3O3/c1-21-14-8-6-13(7-9-14)17-10-2-5-16(20)19-18-12-15-4-3-11-22-15/h3-4,6-9,11-12,17H,2,5,10H2,1H3,(H,19,20). The van der Waals surface area contributed by atoms with Gasteiger partial charge < -0.3 is 14.5 Å². The molecule has 2 rings (SSSR count). The molecule has 2 N–H and O–H groups in total. The number of hydrogen-bond donors (Lipinski definition) is 2. The number of carbonyl (C=O) groups excluding carboxylic acids is 1. The Morgan fingerprint density at radius 3 is 2.82 bits per heavy atom. The molecular formula is C16H19N3O3. The third-order valence-corrected chi connectivity index (χ3v) is 2.92. The summed E-state index contributed by atoms with van der Waals surface area (Å²) in [6.07, 6.45) is 4.13. The van der Waals surface area contributed by atoms with Gasteiger partial charge in [-0.1, -0.05) is 0 Å². The SMILES string of the molecule is COc1ccc(NCCCC(=O)NN=Cc2ccco2)cc1. The van der Waals surface area contributed by atoms with Gasteiger partial charge >= 0.3 is 0 Å². The van der Waals surface area contributed by atoms with Gasteiger partial charge in [0.2, 0.25) is 5.91 Å². The third-order valence-electron chi connectivity index (χ3n) is 2.92. The molecule has 116 valence electrons. The predicted molar refractivity (Wildman–Crippen MR) is 85.2 cm³/mol. The summed E-state index contributed by atoms with van der Waals surface area (Å²) in [5.74, 6) is 1.29. The van der Waals surface area contributed by atoms with E-state index in [-0.39, 0.29) is 5.91 Å². The van der Waals surface area contributed by atoms with Crippen LogP contribution >= 0.6 is 0 Å². The van der Waals surface area contributed by atoms with Gasteiger partial charge in [-0.3, -0.25) is 4.79 Å². The molecule has 0 atom stereocenters. The van der Waals surface area contributed by atoms with Gasteiger partial charge in [0, 0.05) is 18.7 Å². The van der Waals surface area contributed by atoms with E-state index < -0.39 is 0 Å². The second-order valence-electron chi connectivity index (χ2n) is 4.57. The molecule has 0 radical (unpaired) electrons. The van der Waals surface area contributed by atoms with Crippen LogP contribution in [0, 0.1) is 0 Å². The van der Waals surface area contributed by atoms with Crippen LogP contribution in [0.3, 0.4) is 0 Å². The number of anilines is 1. The number of amides is 1. The molecule has 0 unspecified atom stereocenters. The minimum atomic E-state index is -0.126. The Morgan fingerprint density at radius 2 is 2.14 bits per heavy atom. The van der Waals surface area contributed by atoms with Crippen molar-refractivity contribution in [3.05, 3.63) is 48.4 Å². The molecule has 1 heterocycles. The predicted octanol–water partition coefficient (Wildman–Crippen LogP) is 2.63. The molecule has 0 aliphatic heterocycles. The first-order valence-corrected chi connectivity index (χ1v) is 7.01. The lowest BCUT2D eigenvalue weighted by atomic mass is 10.2. The molecule has 0 aliphatic rings. The maximum Gasteiger partial charge on any atom is 0.240 e. The minimum absolute atomic E-state index is 0.126. The number of ether oxygens (including phenoxy) is 1. The van der Waals surface area contributed by atoms with Crippen molar-refractivity contribution in [3.8, 4) is 5.75 Å². The Bertz CT molecular complexity index is 592. The van der Waals surface area contributed by atoms with Crippen LogP contribution in [0.15, 0.2) is 52.2 Å². The molecule has 0 bridgehead atoms. The summed E-state index contributed by atoms with van der Waals surface area (Å²) >= 11 is 0. The van der Waals surface area contributed by atoms with E-state index >= 15 is 0 Å². The average Bonchev–Trinajstić information content (AvgIpc) is 3.05. The second kappa shape index (κ2) is 8.51. The van der Waals surface area contributed by atoms with Crippen molar-refractivity contribution in [2.45, 2.75) is 12.8 Å². The molecule has 0 spiro atoms. The van der Waals surface area contributed by atoms with Gasteiger partial charge in [0.25, 0.3) is 0 Å². The fourth-order valence-electron chi connectivity index (χ4n) is 1.78. The van der Waals surface area contributed by atoms with Crippen LogP contribution in [0.25, 0.3) is 0 Å². The number of furan rings is 1. The zero-order valence-corrected chi connectivity index (χ0v) is 12.4. The van der Waals surface area contributed by atoms with Crippen molar-refractivity contribution in [2.24, 2.45) is 5.10 Å². The molecule has 0 saturated heterocycles. The fraction of sp³-hybridized carbons (Fsp3) is 0.250. The lowest BCUT2D eigenvalue weighted by molar-refractivity contribution is -0.121. The van der Waals surface area contributed by atoms with Gasteiger partial charge in [0.05, 0.1) is 19.6 Å². The third kappa shape index (κ3) is 5.32. The van der Waals surface area contributed by atoms with Crippen LogP contribution in [0.2, 0.25) is 0 Å². The maximum absolute atomic E-state index is 11.6. The molecule has 1 aromatic heterocycles. The van der Waals surface area contributed by atoms with Gasteiger partial charge in [0.15, 0.2) is 0 Å². The molecule has 6 nitrogen and oxygen atoms in total. The molecule has 0 aliphatic carbocycles. The maximum atomic E-state index is 11.6. The van der Waals surface area contributed by atoms with Gasteiger partial charge in [-0.2, -0.15) is 5.10 Å². The Balaban J connectivity index is 1.60. The lowest BCUT2D eigenvalue weighted by Crippen LogP contribution is -2.18. The summed E-state index contributed by atoms with van der Waals surface area (Å²) < 4.78 is 10.1. The minimum Gasteiger partial charge on any atom is -0.497 e. The normalized spacial score (nSPS) is 10.6. The summed E-state index contributed by atoms with van der Waals surface area (Å²) in [5.41, 5.74) is 3.46. The van der Waals surface area contributed by atoms with Gasteiger partial charge in [-0.15, -0.1) is 0 Å². The largest absolute Gasteiger partial charge is 0.497 e. The molecule has 6 heteroatoms. The molecule has 0 fully saturated rings. The quantitative estimate of drug-likeness (QED) is 0.446. The molecule has 2 aromatic rings. The number of carbonyl (C=O) groups is 1. The van der Waals surface area contributed by atoms with Crippen molar-refractivity contribution in [1.82, 2.24) is 5.43 Å². The van der Waals surface area contributed by atoms with Crippen LogP contribution in [-0.2, 0) is 4.79 Å².